The van der Waals surface area contributed by atoms with Crippen LogP contribution in [0.1, 0.15) is 73.3 Å². The summed E-state index contributed by atoms with van der Waals surface area (Å²) in [5, 5.41) is 8.69. The van der Waals surface area contributed by atoms with E-state index in [-0.39, 0.29) is 18.1 Å². The number of carbonyl (C=O) groups excluding carboxylic acids is 1. The molecule has 0 heterocycles. The molecule has 0 aromatic heterocycles. The van der Waals surface area contributed by atoms with Gasteiger partial charge in [-0.1, -0.05) is 80.3 Å². The Morgan fingerprint density at radius 3 is 2.14 bits per heavy atom. The van der Waals surface area contributed by atoms with Crippen molar-refractivity contribution in [2.45, 2.75) is 69.5 Å². The minimum absolute atomic E-state index is 0.0126. The largest absolute Gasteiger partial charge is 0.481 e. The van der Waals surface area contributed by atoms with Crippen LogP contribution in [-0.4, -0.2) is 37.4 Å². The van der Waals surface area contributed by atoms with Crippen molar-refractivity contribution >= 4 is 33.7 Å². The highest BCUT2D eigenvalue weighted by Gasteiger charge is 2.21. The van der Waals surface area contributed by atoms with E-state index in [1.165, 1.54) is 43.0 Å². The number of sulfonamides is 1. The Kier molecular flexibility index (Phi) is 12.9. The van der Waals surface area contributed by atoms with Crippen LogP contribution in [0.2, 0.25) is 0 Å². The quantitative estimate of drug-likeness (QED) is 0.267. The van der Waals surface area contributed by atoms with Gasteiger partial charge in [0.25, 0.3) is 0 Å². The SMILES string of the molecule is CS(=O)(=O)NC(=O)CC(SCCC(=O)O)c1ccccc1CCCCCCCCc1ccccc1. The molecule has 192 valence electrons. The van der Waals surface area contributed by atoms with Gasteiger partial charge in [0.1, 0.15) is 0 Å². The van der Waals surface area contributed by atoms with E-state index in [1.807, 2.05) is 29.0 Å². The molecule has 35 heavy (non-hydrogen) atoms. The fourth-order valence-electron chi connectivity index (χ4n) is 4.04. The molecule has 1 amide bonds. The first-order chi connectivity index (χ1) is 16.7. The Morgan fingerprint density at radius 2 is 1.49 bits per heavy atom. The van der Waals surface area contributed by atoms with Gasteiger partial charge in [0, 0.05) is 17.4 Å². The molecule has 0 radical (unpaired) electrons. The Morgan fingerprint density at radius 1 is 0.886 bits per heavy atom. The minimum atomic E-state index is -3.64. The smallest absolute Gasteiger partial charge is 0.304 e. The zero-order valence-electron chi connectivity index (χ0n) is 20.4. The van der Waals surface area contributed by atoms with Crippen LogP contribution in [0, 0.1) is 0 Å². The second kappa shape index (κ2) is 15.6. The first-order valence-electron chi connectivity index (χ1n) is 12.2. The molecule has 0 saturated carbocycles. The molecular formula is C27H37NO5S2. The standard InChI is InChI=1S/C27H37NO5S2/c1-35(32,33)28-26(29)21-25(34-20-19-27(30)31)24-18-12-11-17-23(24)16-10-5-3-2-4-7-13-22-14-8-6-9-15-22/h6,8-9,11-12,14-15,17-18,25H,2-5,7,10,13,16,19-21H2,1H3,(H,28,29)(H,30,31). The van der Waals surface area contributed by atoms with Gasteiger partial charge in [-0.3, -0.25) is 14.3 Å². The Bertz CT molecular complexity index is 1020. The molecule has 0 aliphatic heterocycles. The number of hydrogen-bond donors (Lipinski definition) is 2. The predicted octanol–water partition coefficient (Wildman–Crippen LogP) is 5.53. The lowest BCUT2D eigenvalue weighted by Crippen LogP contribution is -2.30. The molecule has 0 saturated heterocycles. The highest BCUT2D eigenvalue weighted by atomic mass is 32.2. The zero-order valence-corrected chi connectivity index (χ0v) is 22.1. The van der Waals surface area contributed by atoms with E-state index in [1.54, 1.807) is 0 Å². The van der Waals surface area contributed by atoms with E-state index in [0.29, 0.717) is 5.75 Å². The van der Waals surface area contributed by atoms with Crippen LogP contribution in [0.25, 0.3) is 0 Å². The van der Waals surface area contributed by atoms with Crippen molar-refractivity contribution in [3.05, 3.63) is 71.3 Å². The van der Waals surface area contributed by atoms with Crippen LogP contribution >= 0.6 is 11.8 Å². The van der Waals surface area contributed by atoms with Gasteiger partial charge in [0.15, 0.2) is 0 Å². The van der Waals surface area contributed by atoms with Gasteiger partial charge in [-0.05, 0) is 42.4 Å². The van der Waals surface area contributed by atoms with Gasteiger partial charge >= 0.3 is 5.97 Å². The number of aryl methyl sites for hydroxylation is 2. The van der Waals surface area contributed by atoms with E-state index in [4.69, 9.17) is 5.11 Å². The van der Waals surface area contributed by atoms with Crippen LogP contribution in [-0.2, 0) is 32.5 Å². The maximum absolute atomic E-state index is 12.3. The van der Waals surface area contributed by atoms with E-state index < -0.39 is 21.9 Å². The Labute approximate surface area is 214 Å². The van der Waals surface area contributed by atoms with E-state index in [9.17, 15) is 18.0 Å². The van der Waals surface area contributed by atoms with Crippen LogP contribution in [0.15, 0.2) is 54.6 Å². The lowest BCUT2D eigenvalue weighted by molar-refractivity contribution is -0.136. The average Bonchev–Trinajstić information content (AvgIpc) is 2.79. The van der Waals surface area contributed by atoms with Gasteiger partial charge < -0.3 is 5.11 Å². The molecule has 2 aromatic rings. The highest BCUT2D eigenvalue weighted by Crippen LogP contribution is 2.35. The summed E-state index contributed by atoms with van der Waals surface area (Å²) in [4.78, 5) is 23.3. The van der Waals surface area contributed by atoms with Crippen molar-refractivity contribution in [3.8, 4) is 0 Å². The summed E-state index contributed by atoms with van der Waals surface area (Å²) in [7, 11) is -3.64. The van der Waals surface area contributed by atoms with Gasteiger partial charge in [-0.2, -0.15) is 11.8 Å². The van der Waals surface area contributed by atoms with Gasteiger partial charge in [-0.15, -0.1) is 0 Å². The monoisotopic (exact) mass is 519 g/mol. The summed E-state index contributed by atoms with van der Waals surface area (Å²) < 4.78 is 24.9. The first-order valence-corrected chi connectivity index (χ1v) is 15.1. The summed E-state index contributed by atoms with van der Waals surface area (Å²) >= 11 is 1.39. The third-order valence-electron chi connectivity index (χ3n) is 5.71. The van der Waals surface area contributed by atoms with Gasteiger partial charge in [0.2, 0.25) is 15.9 Å². The van der Waals surface area contributed by atoms with E-state index in [2.05, 4.69) is 30.3 Å². The number of carboxylic acid groups (broad SMARTS) is 1. The zero-order chi connectivity index (χ0) is 25.5. The van der Waals surface area contributed by atoms with E-state index >= 15 is 0 Å². The maximum Gasteiger partial charge on any atom is 0.304 e. The van der Waals surface area contributed by atoms with Crippen molar-refractivity contribution < 1.29 is 23.1 Å². The number of aliphatic carboxylic acids is 1. The van der Waals surface area contributed by atoms with Gasteiger partial charge in [0.05, 0.1) is 12.7 Å². The minimum Gasteiger partial charge on any atom is -0.481 e. The lowest BCUT2D eigenvalue weighted by Gasteiger charge is -2.20. The number of carboxylic acids is 1. The maximum atomic E-state index is 12.3. The molecule has 1 atom stereocenters. The third kappa shape index (κ3) is 12.8. The van der Waals surface area contributed by atoms with Crippen LogP contribution in [0.5, 0.6) is 0 Å². The molecule has 2 rings (SSSR count). The number of thioether (sulfide) groups is 1. The molecule has 0 spiro atoms. The fourth-order valence-corrected chi connectivity index (χ4v) is 5.79. The number of nitrogens with one attached hydrogen (secondary N) is 1. The highest BCUT2D eigenvalue weighted by molar-refractivity contribution is 7.99. The van der Waals surface area contributed by atoms with Crippen molar-refractivity contribution in [3.63, 3.8) is 0 Å². The molecule has 6 nitrogen and oxygen atoms in total. The van der Waals surface area contributed by atoms with Crippen molar-refractivity contribution in [1.82, 2.24) is 4.72 Å². The molecule has 1 unspecified atom stereocenters. The average molecular weight is 520 g/mol. The number of rotatable bonds is 17. The normalized spacial score (nSPS) is 12.3. The Hall–Kier alpha value is -2.32. The van der Waals surface area contributed by atoms with Gasteiger partial charge in [-0.25, -0.2) is 8.42 Å². The number of hydrogen-bond acceptors (Lipinski definition) is 5. The van der Waals surface area contributed by atoms with Crippen LogP contribution in [0.4, 0.5) is 0 Å². The second-order valence-corrected chi connectivity index (χ2v) is 11.9. The molecule has 2 aromatic carbocycles. The van der Waals surface area contributed by atoms with Crippen molar-refractivity contribution in [2.75, 3.05) is 12.0 Å². The summed E-state index contributed by atoms with van der Waals surface area (Å²) in [6.45, 7) is 0. The topological polar surface area (TPSA) is 101 Å². The lowest BCUT2D eigenvalue weighted by atomic mass is 9.97. The predicted molar refractivity (Wildman–Crippen MR) is 143 cm³/mol. The fraction of sp³-hybridized carbons (Fsp3) is 0.481. The number of carbonyl (C=O) groups is 2. The van der Waals surface area contributed by atoms with Crippen molar-refractivity contribution in [2.24, 2.45) is 0 Å². The van der Waals surface area contributed by atoms with E-state index in [0.717, 1.165) is 43.1 Å². The van der Waals surface area contributed by atoms with Crippen LogP contribution in [0.3, 0.4) is 0 Å². The molecule has 0 aliphatic carbocycles. The number of benzene rings is 2. The summed E-state index contributed by atoms with van der Waals surface area (Å²) in [5.74, 6) is -1.12. The summed E-state index contributed by atoms with van der Waals surface area (Å²) in [6.07, 6.45) is 9.93. The van der Waals surface area contributed by atoms with Crippen LogP contribution < -0.4 is 4.72 Å². The molecule has 0 bridgehead atoms. The number of amides is 1. The molecule has 8 heteroatoms. The third-order valence-corrected chi connectivity index (χ3v) is 7.57. The summed E-state index contributed by atoms with van der Waals surface area (Å²) in [5.41, 5.74) is 3.51. The molecule has 2 N–H and O–H groups in total. The molecule has 0 aliphatic rings. The second-order valence-electron chi connectivity index (χ2n) is 8.81. The van der Waals surface area contributed by atoms with Crippen molar-refractivity contribution in [1.29, 1.82) is 0 Å². The summed E-state index contributed by atoms with van der Waals surface area (Å²) in [6, 6.07) is 18.5. The molecular weight excluding hydrogens is 482 g/mol. The number of unbranched alkanes of at least 4 members (excludes halogenated alkanes) is 5. The molecule has 0 fully saturated rings. The Balaban J connectivity index is 1.85. The first kappa shape index (κ1) is 28.9.